The van der Waals surface area contributed by atoms with Gasteiger partial charge in [0, 0.05) is 25.2 Å². The standard InChI is InChI=1S/C14H14F2N2O/c1-2-5-18-13(3-4-17-18)14(19)8-10-6-11(15)9-12(16)7-10/h3-4,6-7,9H,2,5,8H2,1H3. The quantitative estimate of drug-likeness (QED) is 0.778. The largest absolute Gasteiger partial charge is 0.292 e. The first kappa shape index (κ1) is 13.4. The molecule has 1 heterocycles. The molecule has 5 heteroatoms. The Morgan fingerprint density at radius 2 is 1.95 bits per heavy atom. The molecule has 1 aromatic heterocycles. The maximum atomic E-state index is 13.1. The minimum absolute atomic E-state index is 0.0376. The molecule has 3 nitrogen and oxygen atoms in total. The molecule has 0 aliphatic rings. The third-order valence-electron chi connectivity index (χ3n) is 2.72. The molecule has 0 radical (unpaired) electrons. The molecule has 2 aromatic rings. The first-order chi connectivity index (χ1) is 9.10. The Morgan fingerprint density at radius 1 is 1.26 bits per heavy atom. The average Bonchev–Trinajstić information content (AvgIpc) is 2.76. The van der Waals surface area contributed by atoms with Gasteiger partial charge in [-0.25, -0.2) is 8.78 Å². The van der Waals surface area contributed by atoms with E-state index in [2.05, 4.69) is 5.10 Å². The fraction of sp³-hybridized carbons (Fsp3) is 0.286. The van der Waals surface area contributed by atoms with Gasteiger partial charge in [0.25, 0.3) is 0 Å². The van der Waals surface area contributed by atoms with Crippen molar-refractivity contribution >= 4 is 5.78 Å². The summed E-state index contributed by atoms with van der Waals surface area (Å²) in [6.45, 7) is 2.63. The zero-order valence-corrected chi connectivity index (χ0v) is 10.6. The molecule has 0 aliphatic heterocycles. The first-order valence-corrected chi connectivity index (χ1v) is 6.10. The summed E-state index contributed by atoms with van der Waals surface area (Å²) in [4.78, 5) is 12.1. The van der Waals surface area contributed by atoms with E-state index in [0.717, 1.165) is 12.5 Å². The average molecular weight is 264 g/mol. The lowest BCUT2D eigenvalue weighted by atomic mass is 10.1. The lowest BCUT2D eigenvalue weighted by molar-refractivity contribution is 0.0982. The van der Waals surface area contributed by atoms with Gasteiger partial charge in [0.2, 0.25) is 0 Å². The van der Waals surface area contributed by atoms with Crippen LogP contribution in [0.15, 0.2) is 30.5 Å². The van der Waals surface area contributed by atoms with Crippen molar-refractivity contribution < 1.29 is 13.6 Å². The van der Waals surface area contributed by atoms with E-state index in [4.69, 9.17) is 0 Å². The van der Waals surface area contributed by atoms with Crippen molar-refractivity contribution in [1.29, 1.82) is 0 Å². The topological polar surface area (TPSA) is 34.9 Å². The molecule has 0 atom stereocenters. The number of nitrogens with zero attached hydrogens (tertiary/aromatic N) is 2. The third kappa shape index (κ3) is 3.24. The van der Waals surface area contributed by atoms with Crippen molar-refractivity contribution in [3.05, 3.63) is 53.4 Å². The molecule has 19 heavy (non-hydrogen) atoms. The number of aromatic nitrogens is 2. The van der Waals surface area contributed by atoms with Crippen LogP contribution >= 0.6 is 0 Å². The van der Waals surface area contributed by atoms with Crippen molar-refractivity contribution in [1.82, 2.24) is 9.78 Å². The zero-order chi connectivity index (χ0) is 13.8. The zero-order valence-electron chi connectivity index (χ0n) is 10.6. The van der Waals surface area contributed by atoms with E-state index in [9.17, 15) is 13.6 Å². The van der Waals surface area contributed by atoms with Crippen LogP contribution < -0.4 is 0 Å². The molecule has 0 N–H and O–H groups in total. The predicted octanol–water partition coefficient (Wildman–Crippen LogP) is 3.00. The normalized spacial score (nSPS) is 10.7. The highest BCUT2D eigenvalue weighted by molar-refractivity contribution is 5.95. The van der Waals surface area contributed by atoms with E-state index in [-0.39, 0.29) is 12.2 Å². The van der Waals surface area contributed by atoms with E-state index in [1.807, 2.05) is 6.92 Å². The summed E-state index contributed by atoms with van der Waals surface area (Å²) < 4.78 is 27.7. The van der Waals surface area contributed by atoms with Crippen LogP contribution in [0.25, 0.3) is 0 Å². The molecule has 0 saturated carbocycles. The molecule has 0 spiro atoms. The molecule has 0 amide bonds. The van der Waals surface area contributed by atoms with Crippen LogP contribution in [0, 0.1) is 11.6 Å². The van der Waals surface area contributed by atoms with E-state index in [1.165, 1.54) is 12.1 Å². The van der Waals surface area contributed by atoms with Gasteiger partial charge in [-0.15, -0.1) is 0 Å². The fourth-order valence-electron chi connectivity index (χ4n) is 1.95. The highest BCUT2D eigenvalue weighted by Crippen LogP contribution is 2.12. The fourth-order valence-corrected chi connectivity index (χ4v) is 1.95. The smallest absolute Gasteiger partial charge is 0.185 e. The second-order valence-corrected chi connectivity index (χ2v) is 4.32. The number of hydrogen-bond acceptors (Lipinski definition) is 2. The minimum Gasteiger partial charge on any atom is -0.292 e. The van der Waals surface area contributed by atoms with Crippen molar-refractivity contribution in [2.24, 2.45) is 0 Å². The number of halogens is 2. The predicted molar refractivity (Wildman–Crippen MR) is 66.9 cm³/mol. The number of benzene rings is 1. The van der Waals surface area contributed by atoms with Gasteiger partial charge < -0.3 is 0 Å². The Kier molecular flexibility index (Phi) is 4.04. The first-order valence-electron chi connectivity index (χ1n) is 6.10. The Bertz CT molecular complexity index is 573. The van der Waals surface area contributed by atoms with Gasteiger partial charge in [0.15, 0.2) is 5.78 Å². The Hall–Kier alpha value is -2.04. The summed E-state index contributed by atoms with van der Waals surface area (Å²) in [5.41, 5.74) is 0.790. The van der Waals surface area contributed by atoms with Gasteiger partial charge >= 0.3 is 0 Å². The van der Waals surface area contributed by atoms with Gasteiger partial charge in [0.05, 0.1) is 0 Å². The summed E-state index contributed by atoms with van der Waals surface area (Å²) >= 11 is 0. The number of rotatable bonds is 5. The number of hydrogen-bond donors (Lipinski definition) is 0. The van der Waals surface area contributed by atoms with Crippen molar-refractivity contribution in [3.8, 4) is 0 Å². The number of Topliss-reactive ketones (excluding diaryl/α,β-unsaturated/α-hetero) is 1. The maximum absolute atomic E-state index is 13.1. The second kappa shape index (κ2) is 5.73. The summed E-state index contributed by atoms with van der Waals surface area (Å²) in [6.07, 6.45) is 2.37. The Morgan fingerprint density at radius 3 is 2.58 bits per heavy atom. The third-order valence-corrected chi connectivity index (χ3v) is 2.72. The lowest BCUT2D eigenvalue weighted by Gasteiger charge is -2.05. The van der Waals surface area contributed by atoms with Gasteiger partial charge in [0.1, 0.15) is 17.3 Å². The van der Waals surface area contributed by atoms with Crippen LogP contribution in [0.4, 0.5) is 8.78 Å². The summed E-state index contributed by atoms with van der Waals surface area (Å²) in [5.74, 6) is -1.55. The van der Waals surface area contributed by atoms with Crippen LogP contribution in [0.1, 0.15) is 29.4 Å². The van der Waals surface area contributed by atoms with E-state index in [0.29, 0.717) is 17.8 Å². The molecular weight excluding hydrogens is 250 g/mol. The molecule has 0 bridgehead atoms. The van der Waals surface area contributed by atoms with E-state index in [1.54, 1.807) is 16.9 Å². The second-order valence-electron chi connectivity index (χ2n) is 4.32. The van der Waals surface area contributed by atoms with Crippen molar-refractivity contribution in [2.45, 2.75) is 26.3 Å². The summed E-state index contributed by atoms with van der Waals surface area (Å²) in [5, 5.41) is 4.05. The summed E-state index contributed by atoms with van der Waals surface area (Å²) in [6, 6.07) is 4.74. The van der Waals surface area contributed by atoms with Crippen LogP contribution in [-0.4, -0.2) is 15.6 Å². The Labute approximate surface area is 109 Å². The highest BCUT2D eigenvalue weighted by atomic mass is 19.1. The number of aryl methyl sites for hydroxylation is 1. The molecular formula is C14H14F2N2O. The number of carbonyl (C=O) groups is 1. The van der Waals surface area contributed by atoms with E-state index >= 15 is 0 Å². The van der Waals surface area contributed by atoms with E-state index < -0.39 is 11.6 Å². The van der Waals surface area contributed by atoms with Crippen LogP contribution in [0.5, 0.6) is 0 Å². The molecule has 0 fully saturated rings. The minimum atomic E-state index is -0.676. The number of ketones is 1. The van der Waals surface area contributed by atoms with Crippen molar-refractivity contribution in [3.63, 3.8) is 0 Å². The lowest BCUT2D eigenvalue weighted by Crippen LogP contribution is -2.12. The van der Waals surface area contributed by atoms with Gasteiger partial charge in [-0.05, 0) is 30.2 Å². The van der Waals surface area contributed by atoms with Gasteiger partial charge in [-0.3, -0.25) is 9.48 Å². The highest BCUT2D eigenvalue weighted by Gasteiger charge is 2.13. The molecule has 1 aromatic carbocycles. The number of carbonyl (C=O) groups excluding carboxylic acids is 1. The van der Waals surface area contributed by atoms with Crippen molar-refractivity contribution in [2.75, 3.05) is 0 Å². The van der Waals surface area contributed by atoms with Gasteiger partial charge in [-0.1, -0.05) is 6.92 Å². The monoisotopic (exact) mass is 264 g/mol. The maximum Gasteiger partial charge on any atom is 0.185 e. The SMILES string of the molecule is CCCn1nccc1C(=O)Cc1cc(F)cc(F)c1. The summed E-state index contributed by atoms with van der Waals surface area (Å²) in [7, 11) is 0. The van der Waals surface area contributed by atoms with Crippen LogP contribution in [-0.2, 0) is 13.0 Å². The molecule has 2 rings (SSSR count). The molecule has 0 aliphatic carbocycles. The van der Waals surface area contributed by atoms with Crippen LogP contribution in [0.3, 0.4) is 0 Å². The molecule has 100 valence electrons. The molecule has 0 saturated heterocycles. The van der Waals surface area contributed by atoms with Crippen LogP contribution in [0.2, 0.25) is 0 Å². The van der Waals surface area contributed by atoms with Gasteiger partial charge in [-0.2, -0.15) is 5.10 Å². The molecule has 0 unspecified atom stereocenters. The Balaban J connectivity index is 2.18.